The van der Waals surface area contributed by atoms with Crippen molar-refractivity contribution < 1.29 is 4.74 Å². The number of hydrogen-bond donors (Lipinski definition) is 0. The Bertz CT molecular complexity index is 691. The summed E-state index contributed by atoms with van der Waals surface area (Å²) in [5, 5.41) is 1.91. The summed E-state index contributed by atoms with van der Waals surface area (Å²) >= 11 is 0. The first-order chi connectivity index (χ1) is 10.7. The Morgan fingerprint density at radius 1 is 0.783 bits per heavy atom. The summed E-state index contributed by atoms with van der Waals surface area (Å²) < 4.78 is 6.28. The Morgan fingerprint density at radius 3 is 1.96 bits per heavy atom. The largest absolute Gasteiger partial charge is 0.455 e. The van der Waals surface area contributed by atoms with Gasteiger partial charge in [0.2, 0.25) is 6.35 Å². The van der Waals surface area contributed by atoms with Gasteiger partial charge in [-0.1, -0.05) is 42.5 Å². The molecule has 0 spiro atoms. The van der Waals surface area contributed by atoms with E-state index in [-0.39, 0.29) is 10.3 Å². The van der Waals surface area contributed by atoms with E-state index in [9.17, 15) is 0 Å². The summed E-state index contributed by atoms with van der Waals surface area (Å²) in [5.74, 6) is 1.10. The first-order valence-electron chi connectivity index (χ1n) is 8.38. The minimum absolute atomic E-state index is 0.210. The van der Waals surface area contributed by atoms with Gasteiger partial charge in [0.1, 0.15) is 12.6 Å². The van der Waals surface area contributed by atoms with Crippen LogP contribution in [0.5, 0.6) is 5.75 Å². The summed E-state index contributed by atoms with van der Waals surface area (Å²) in [6, 6.07) is 17.3. The van der Waals surface area contributed by atoms with Crippen LogP contribution in [0.3, 0.4) is 0 Å². The molecule has 0 atom stereocenters. The van der Waals surface area contributed by atoms with Crippen molar-refractivity contribution in [3.05, 3.63) is 48.5 Å². The van der Waals surface area contributed by atoms with Gasteiger partial charge in [-0.05, 0) is 53.2 Å². The standard InChI is InChI=1S/C21H28OP/c1-20(2,3)23(21(4,5)6)15-22-18-14-10-13-17(19(18)23)16-11-8-7-9-12-16/h7-14H,15H2,1-6H3/q+1. The summed E-state index contributed by atoms with van der Waals surface area (Å²) in [4.78, 5) is 0. The van der Waals surface area contributed by atoms with Gasteiger partial charge in [0.25, 0.3) is 0 Å². The van der Waals surface area contributed by atoms with Gasteiger partial charge in [0.05, 0.1) is 10.3 Å². The third-order valence-corrected chi connectivity index (χ3v) is 11.5. The smallest absolute Gasteiger partial charge is 0.202 e. The van der Waals surface area contributed by atoms with Gasteiger partial charge in [0.15, 0.2) is 5.75 Å². The second-order valence-corrected chi connectivity index (χ2v) is 13.5. The molecule has 1 aliphatic heterocycles. The van der Waals surface area contributed by atoms with E-state index in [0.717, 1.165) is 12.1 Å². The monoisotopic (exact) mass is 327 g/mol. The van der Waals surface area contributed by atoms with Crippen LogP contribution in [0.25, 0.3) is 11.1 Å². The fourth-order valence-electron chi connectivity index (χ4n) is 4.18. The first kappa shape index (κ1) is 16.5. The molecule has 0 saturated carbocycles. The molecule has 0 aliphatic carbocycles. The Hall–Kier alpha value is -1.33. The second-order valence-electron chi connectivity index (χ2n) is 8.44. The topological polar surface area (TPSA) is 9.23 Å². The van der Waals surface area contributed by atoms with Crippen molar-refractivity contribution in [2.45, 2.75) is 51.9 Å². The lowest BCUT2D eigenvalue weighted by molar-refractivity contribution is 0.394. The molecule has 1 aliphatic rings. The highest BCUT2D eigenvalue weighted by Crippen LogP contribution is 2.79. The van der Waals surface area contributed by atoms with E-state index in [1.54, 1.807) is 0 Å². The van der Waals surface area contributed by atoms with Gasteiger partial charge in [-0.3, -0.25) is 0 Å². The molecule has 0 radical (unpaired) electrons. The Kier molecular flexibility index (Phi) is 3.84. The molecular formula is C21H28OP+. The lowest BCUT2D eigenvalue weighted by Crippen LogP contribution is -2.40. The van der Waals surface area contributed by atoms with Crippen molar-refractivity contribution in [1.29, 1.82) is 0 Å². The average Bonchev–Trinajstić information content (AvgIpc) is 2.88. The van der Waals surface area contributed by atoms with E-state index in [1.807, 2.05) is 0 Å². The minimum atomic E-state index is -1.53. The Balaban J connectivity index is 2.34. The highest BCUT2D eigenvalue weighted by Gasteiger charge is 2.65. The van der Waals surface area contributed by atoms with Crippen LogP contribution in [0.4, 0.5) is 0 Å². The first-order valence-corrected chi connectivity index (χ1v) is 10.4. The summed E-state index contributed by atoms with van der Waals surface area (Å²) in [6.45, 7) is 14.4. The molecule has 0 aromatic heterocycles. The van der Waals surface area contributed by atoms with Crippen LogP contribution in [0.1, 0.15) is 41.5 Å². The SMILES string of the molecule is CC(C)(C)[P+]1(C(C)(C)C)COc2cccc(-c3ccccc3)c21. The number of rotatable bonds is 1. The molecule has 0 saturated heterocycles. The van der Waals surface area contributed by atoms with E-state index in [1.165, 1.54) is 16.4 Å². The van der Waals surface area contributed by atoms with Crippen molar-refractivity contribution in [2.75, 3.05) is 6.35 Å². The lowest BCUT2D eigenvalue weighted by atomic mass is 10.1. The third-order valence-electron chi connectivity index (χ3n) is 5.17. The number of ether oxygens (including phenoxy) is 1. The highest BCUT2D eigenvalue weighted by atomic mass is 31.2. The summed E-state index contributed by atoms with van der Waals surface area (Å²) in [5.41, 5.74) is 2.66. The minimum Gasteiger partial charge on any atom is -0.455 e. The normalized spacial score (nSPS) is 16.8. The van der Waals surface area contributed by atoms with E-state index in [4.69, 9.17) is 4.74 Å². The molecule has 1 heterocycles. The van der Waals surface area contributed by atoms with Crippen molar-refractivity contribution in [3.63, 3.8) is 0 Å². The molecule has 0 amide bonds. The van der Waals surface area contributed by atoms with Gasteiger partial charge in [-0.15, -0.1) is 0 Å². The number of hydrogen-bond acceptors (Lipinski definition) is 1. The molecule has 0 bridgehead atoms. The zero-order chi connectivity index (χ0) is 16.9. The van der Waals surface area contributed by atoms with Gasteiger partial charge in [-0.25, -0.2) is 0 Å². The van der Waals surface area contributed by atoms with E-state index >= 15 is 0 Å². The second kappa shape index (κ2) is 5.35. The van der Waals surface area contributed by atoms with Crippen LogP contribution in [-0.2, 0) is 0 Å². The molecule has 1 nitrogen and oxygen atoms in total. The quantitative estimate of drug-likeness (QED) is 0.589. The van der Waals surface area contributed by atoms with Gasteiger partial charge >= 0.3 is 0 Å². The zero-order valence-corrected chi connectivity index (χ0v) is 16.1. The van der Waals surface area contributed by atoms with Crippen LogP contribution < -0.4 is 10.0 Å². The maximum atomic E-state index is 6.28. The fraction of sp³-hybridized carbons (Fsp3) is 0.429. The number of benzene rings is 2. The number of fused-ring (bicyclic) bond motifs is 1. The van der Waals surface area contributed by atoms with Gasteiger partial charge < -0.3 is 4.74 Å². The highest BCUT2D eigenvalue weighted by molar-refractivity contribution is 7.86. The van der Waals surface area contributed by atoms with Crippen molar-refractivity contribution >= 4 is 12.6 Å². The van der Waals surface area contributed by atoms with Crippen LogP contribution in [-0.4, -0.2) is 16.7 Å². The molecule has 2 aromatic rings. The van der Waals surface area contributed by atoms with Crippen molar-refractivity contribution in [1.82, 2.24) is 0 Å². The molecule has 0 fully saturated rings. The molecule has 2 heteroatoms. The summed E-state index contributed by atoms with van der Waals surface area (Å²) in [7, 11) is -1.53. The van der Waals surface area contributed by atoms with Crippen molar-refractivity contribution in [2.24, 2.45) is 0 Å². The molecule has 122 valence electrons. The molecule has 0 N–H and O–H groups in total. The van der Waals surface area contributed by atoms with Gasteiger partial charge in [-0.2, -0.15) is 0 Å². The van der Waals surface area contributed by atoms with Crippen LogP contribution in [0.15, 0.2) is 48.5 Å². The predicted octanol–water partition coefficient (Wildman–Crippen LogP) is 5.94. The maximum Gasteiger partial charge on any atom is 0.202 e. The van der Waals surface area contributed by atoms with Crippen LogP contribution >= 0.6 is 7.26 Å². The average molecular weight is 327 g/mol. The third kappa shape index (κ3) is 2.41. The molecule has 23 heavy (non-hydrogen) atoms. The fourth-order valence-corrected chi connectivity index (χ4v) is 9.90. The zero-order valence-electron chi connectivity index (χ0n) is 15.2. The van der Waals surface area contributed by atoms with E-state index in [0.29, 0.717) is 0 Å². The van der Waals surface area contributed by atoms with E-state index in [2.05, 4.69) is 90.1 Å². The van der Waals surface area contributed by atoms with Crippen LogP contribution in [0.2, 0.25) is 0 Å². The molecular weight excluding hydrogens is 299 g/mol. The molecule has 0 unspecified atom stereocenters. The lowest BCUT2D eigenvalue weighted by Gasteiger charge is -2.43. The maximum absolute atomic E-state index is 6.28. The Labute approximate surface area is 141 Å². The Morgan fingerprint density at radius 2 is 1.39 bits per heavy atom. The van der Waals surface area contributed by atoms with Gasteiger partial charge in [0, 0.05) is 5.56 Å². The molecule has 2 aromatic carbocycles. The molecule has 3 rings (SSSR count). The van der Waals surface area contributed by atoms with Crippen molar-refractivity contribution in [3.8, 4) is 16.9 Å². The predicted molar refractivity (Wildman–Crippen MR) is 103 cm³/mol. The van der Waals surface area contributed by atoms with Crippen LogP contribution in [0, 0.1) is 0 Å². The van der Waals surface area contributed by atoms with E-state index < -0.39 is 7.26 Å². The summed E-state index contributed by atoms with van der Waals surface area (Å²) in [6.07, 6.45) is 0.860.